The lowest BCUT2D eigenvalue weighted by molar-refractivity contribution is -0.113. The zero-order chi connectivity index (χ0) is 19.6. The van der Waals surface area contributed by atoms with Gasteiger partial charge in [0.15, 0.2) is 5.16 Å². The molecule has 0 aliphatic rings. The maximum Gasteiger partial charge on any atom is 0.236 e. The molecule has 142 valence electrons. The van der Waals surface area contributed by atoms with Crippen molar-refractivity contribution in [2.75, 3.05) is 11.1 Å². The van der Waals surface area contributed by atoms with Gasteiger partial charge in [-0.25, -0.2) is 0 Å². The van der Waals surface area contributed by atoms with E-state index < -0.39 is 0 Å². The monoisotopic (exact) mass is 448 g/mol. The third-order valence-electron chi connectivity index (χ3n) is 4.04. The second-order valence-corrected chi connectivity index (χ2v) is 8.25. The maximum atomic E-state index is 12.5. The van der Waals surface area contributed by atoms with Gasteiger partial charge in [0.25, 0.3) is 0 Å². The Morgan fingerprint density at radius 2 is 2.00 bits per heavy atom. The smallest absolute Gasteiger partial charge is 0.236 e. The molecule has 0 saturated carbocycles. The number of anilines is 1. The van der Waals surface area contributed by atoms with Gasteiger partial charge in [-0.1, -0.05) is 39.8 Å². The molecular weight excluding hydrogens is 428 g/mol. The van der Waals surface area contributed by atoms with Gasteiger partial charge in [-0.3, -0.25) is 9.48 Å². The maximum absolute atomic E-state index is 12.5. The Kier molecular flexibility index (Phi) is 6.01. The van der Waals surface area contributed by atoms with Crippen LogP contribution in [0.1, 0.15) is 25.6 Å². The molecule has 27 heavy (non-hydrogen) atoms. The largest absolute Gasteiger partial charge is 0.310 e. The molecule has 1 amide bonds. The lowest BCUT2D eigenvalue weighted by atomic mass is 10.1. The second-order valence-electron chi connectivity index (χ2n) is 6.39. The van der Waals surface area contributed by atoms with Crippen molar-refractivity contribution in [1.82, 2.24) is 24.5 Å². The number of thioether (sulfide) groups is 1. The highest BCUT2D eigenvalue weighted by molar-refractivity contribution is 9.10. The van der Waals surface area contributed by atoms with Gasteiger partial charge in [-0.2, -0.15) is 5.10 Å². The summed E-state index contributed by atoms with van der Waals surface area (Å²) in [6, 6.07) is 8.20. The van der Waals surface area contributed by atoms with Gasteiger partial charge in [-0.15, -0.1) is 10.2 Å². The fourth-order valence-corrected chi connectivity index (χ4v) is 3.86. The number of amides is 1. The molecule has 2 aromatic heterocycles. The zero-order valence-corrected chi connectivity index (χ0v) is 18.0. The van der Waals surface area contributed by atoms with Crippen LogP contribution < -0.4 is 5.32 Å². The van der Waals surface area contributed by atoms with Crippen LogP contribution in [0.3, 0.4) is 0 Å². The fourth-order valence-electron chi connectivity index (χ4n) is 2.75. The Morgan fingerprint density at radius 1 is 1.30 bits per heavy atom. The Balaban J connectivity index is 1.76. The third kappa shape index (κ3) is 4.41. The van der Waals surface area contributed by atoms with Gasteiger partial charge in [-0.05, 0) is 38.5 Å². The van der Waals surface area contributed by atoms with Crippen molar-refractivity contribution in [2.45, 2.75) is 32.0 Å². The molecule has 2 heterocycles. The van der Waals surface area contributed by atoms with E-state index in [4.69, 9.17) is 0 Å². The highest BCUT2D eigenvalue weighted by Gasteiger charge is 2.18. The van der Waals surface area contributed by atoms with Gasteiger partial charge < -0.3 is 9.88 Å². The van der Waals surface area contributed by atoms with E-state index in [2.05, 4.69) is 50.4 Å². The van der Waals surface area contributed by atoms with Crippen molar-refractivity contribution in [3.05, 3.63) is 40.8 Å². The van der Waals surface area contributed by atoms with Crippen LogP contribution in [-0.4, -0.2) is 36.2 Å². The third-order valence-corrected chi connectivity index (χ3v) is 5.53. The molecule has 3 aromatic rings. The molecule has 0 aliphatic heterocycles. The Morgan fingerprint density at radius 3 is 2.67 bits per heavy atom. The number of hydrogen-bond donors (Lipinski definition) is 1. The summed E-state index contributed by atoms with van der Waals surface area (Å²) < 4.78 is 4.65. The van der Waals surface area contributed by atoms with Crippen molar-refractivity contribution in [1.29, 1.82) is 0 Å². The van der Waals surface area contributed by atoms with E-state index in [1.54, 1.807) is 11.0 Å². The number of nitrogens with zero attached hydrogens (tertiary/aromatic N) is 5. The molecule has 0 aliphatic carbocycles. The fraction of sp³-hybridized carbons (Fsp3) is 0.333. The number of hydrogen-bond acceptors (Lipinski definition) is 5. The molecule has 0 unspecified atom stereocenters. The summed E-state index contributed by atoms with van der Waals surface area (Å²) in [5.74, 6) is 0.820. The van der Waals surface area contributed by atoms with Crippen molar-refractivity contribution in [2.24, 2.45) is 7.05 Å². The number of carbonyl (C=O) groups is 1. The minimum atomic E-state index is -0.111. The summed E-state index contributed by atoms with van der Waals surface area (Å²) in [5.41, 5.74) is 2.79. The second kappa shape index (κ2) is 8.26. The normalized spacial score (nSPS) is 11.2. The van der Waals surface area contributed by atoms with E-state index in [0.29, 0.717) is 5.82 Å². The van der Waals surface area contributed by atoms with Gasteiger partial charge in [0.2, 0.25) is 5.91 Å². The van der Waals surface area contributed by atoms with Crippen molar-refractivity contribution in [3.8, 4) is 11.1 Å². The molecule has 7 nitrogen and oxygen atoms in total. The van der Waals surface area contributed by atoms with Crippen molar-refractivity contribution < 1.29 is 4.79 Å². The van der Waals surface area contributed by atoms with Crippen molar-refractivity contribution in [3.63, 3.8) is 0 Å². The Labute approximate surface area is 170 Å². The van der Waals surface area contributed by atoms with E-state index in [1.165, 1.54) is 11.8 Å². The molecule has 0 bridgehead atoms. The summed E-state index contributed by atoms with van der Waals surface area (Å²) in [6.07, 6.45) is 1.68. The number of carbonyl (C=O) groups excluding carboxylic acids is 1. The van der Waals surface area contributed by atoms with Crippen LogP contribution in [-0.2, 0) is 11.8 Å². The van der Waals surface area contributed by atoms with Gasteiger partial charge in [0, 0.05) is 23.1 Å². The van der Waals surface area contributed by atoms with Crippen LogP contribution in [0.5, 0.6) is 0 Å². The Hall–Kier alpha value is -2.13. The van der Waals surface area contributed by atoms with Gasteiger partial charge in [0.1, 0.15) is 12.1 Å². The van der Waals surface area contributed by atoms with Gasteiger partial charge >= 0.3 is 0 Å². The molecule has 0 fully saturated rings. The minimum Gasteiger partial charge on any atom is -0.310 e. The molecule has 0 spiro atoms. The van der Waals surface area contributed by atoms with Crippen LogP contribution >= 0.6 is 27.7 Å². The first kappa shape index (κ1) is 19.6. The minimum absolute atomic E-state index is 0.111. The average Bonchev–Trinajstić information content (AvgIpc) is 3.19. The van der Waals surface area contributed by atoms with E-state index in [0.717, 1.165) is 26.4 Å². The summed E-state index contributed by atoms with van der Waals surface area (Å²) in [7, 11) is 1.83. The number of benzene rings is 1. The SMILES string of the molecule is Cc1nn(C)c(NC(=O)CSc2nncn2C(C)C)c1-c1ccc(Br)cc1. The van der Waals surface area contributed by atoms with Crippen LogP contribution in [0.2, 0.25) is 0 Å². The number of halogens is 1. The number of rotatable bonds is 6. The summed E-state index contributed by atoms with van der Waals surface area (Å²) in [6.45, 7) is 6.04. The first-order chi connectivity index (χ1) is 12.9. The molecule has 1 aromatic carbocycles. The lowest BCUT2D eigenvalue weighted by Gasteiger charge is -2.11. The van der Waals surface area contributed by atoms with Gasteiger partial charge in [0.05, 0.1) is 11.4 Å². The first-order valence-corrected chi connectivity index (χ1v) is 10.3. The lowest BCUT2D eigenvalue weighted by Crippen LogP contribution is -2.17. The summed E-state index contributed by atoms with van der Waals surface area (Å²) in [5, 5.41) is 16.2. The summed E-state index contributed by atoms with van der Waals surface area (Å²) >= 11 is 4.82. The first-order valence-electron chi connectivity index (χ1n) is 8.48. The van der Waals surface area contributed by atoms with Crippen LogP contribution in [0.25, 0.3) is 11.1 Å². The molecule has 0 radical (unpaired) electrons. The zero-order valence-electron chi connectivity index (χ0n) is 15.6. The highest BCUT2D eigenvalue weighted by atomic mass is 79.9. The Bertz CT molecular complexity index is 947. The highest BCUT2D eigenvalue weighted by Crippen LogP contribution is 2.32. The van der Waals surface area contributed by atoms with Crippen LogP contribution in [0, 0.1) is 6.92 Å². The standard InChI is InChI=1S/C18H21BrN6OS/c1-11(2)25-10-20-22-18(25)27-9-15(26)21-17-16(12(3)23-24(17)4)13-5-7-14(19)8-6-13/h5-8,10-11H,9H2,1-4H3,(H,21,26). The predicted octanol–water partition coefficient (Wildman–Crippen LogP) is 4.06. The molecular formula is C18H21BrN6OS. The summed E-state index contributed by atoms with van der Waals surface area (Å²) in [4.78, 5) is 12.5. The molecule has 3 rings (SSSR count). The predicted molar refractivity (Wildman–Crippen MR) is 111 cm³/mol. The molecule has 9 heteroatoms. The van der Waals surface area contributed by atoms with Crippen molar-refractivity contribution >= 4 is 39.4 Å². The van der Waals surface area contributed by atoms with E-state index >= 15 is 0 Å². The topological polar surface area (TPSA) is 77.6 Å². The molecule has 0 saturated heterocycles. The number of aryl methyl sites for hydroxylation is 2. The number of nitrogens with one attached hydrogen (secondary N) is 1. The molecule has 1 N–H and O–H groups in total. The molecule has 0 atom stereocenters. The van der Waals surface area contributed by atoms with E-state index in [9.17, 15) is 4.79 Å². The quantitative estimate of drug-likeness (QED) is 0.575. The van der Waals surface area contributed by atoms with E-state index in [-0.39, 0.29) is 17.7 Å². The van der Waals surface area contributed by atoms with Crippen LogP contribution in [0.4, 0.5) is 5.82 Å². The van der Waals surface area contributed by atoms with Crippen LogP contribution in [0.15, 0.2) is 40.2 Å². The average molecular weight is 449 g/mol. The van der Waals surface area contributed by atoms with E-state index in [1.807, 2.05) is 42.8 Å². The number of aromatic nitrogens is 5.